The molecule has 7 nitrogen and oxygen atoms in total. The second-order valence-electron chi connectivity index (χ2n) is 5.99. The molecule has 0 aliphatic carbocycles. The highest BCUT2D eigenvalue weighted by Crippen LogP contribution is 2.31. The molecule has 1 spiro atoms. The molecule has 0 N–H and O–H groups in total. The molecule has 2 aliphatic rings. The van der Waals surface area contributed by atoms with Gasteiger partial charge in [-0.15, -0.1) is 0 Å². The largest absolute Gasteiger partial charge is 0.370 e. The van der Waals surface area contributed by atoms with E-state index in [4.69, 9.17) is 4.74 Å². The minimum Gasteiger partial charge on any atom is -0.370 e. The van der Waals surface area contributed by atoms with Crippen LogP contribution in [-0.2, 0) is 14.8 Å². The summed E-state index contributed by atoms with van der Waals surface area (Å²) >= 11 is 0. The second kappa shape index (κ2) is 6.29. The van der Waals surface area contributed by atoms with Gasteiger partial charge in [0.15, 0.2) is 5.82 Å². The minimum atomic E-state index is -3.23. The number of hydrogen-bond acceptors (Lipinski definition) is 6. The van der Waals surface area contributed by atoms with Crippen LogP contribution >= 0.6 is 0 Å². The van der Waals surface area contributed by atoms with Crippen LogP contribution in [0.2, 0.25) is 0 Å². The molecule has 0 bridgehead atoms. The second-order valence-corrected chi connectivity index (χ2v) is 8.25. The molecule has 0 aromatic carbocycles. The Bertz CT molecular complexity index is 650. The fourth-order valence-electron chi connectivity index (χ4n) is 3.21. The highest BCUT2D eigenvalue weighted by Gasteiger charge is 2.43. The van der Waals surface area contributed by atoms with Crippen molar-refractivity contribution in [1.82, 2.24) is 14.3 Å². The number of nitrogens with zero attached hydrogens (tertiary/aromatic N) is 4. The Morgan fingerprint density at radius 1 is 1.30 bits per heavy atom. The van der Waals surface area contributed by atoms with Crippen LogP contribution in [0, 0.1) is 5.82 Å². The van der Waals surface area contributed by atoms with E-state index in [-0.39, 0.29) is 5.75 Å². The number of anilines is 1. The number of piperidine rings is 1. The van der Waals surface area contributed by atoms with E-state index >= 15 is 0 Å². The van der Waals surface area contributed by atoms with Gasteiger partial charge in [-0.1, -0.05) is 0 Å². The Labute approximate surface area is 135 Å². The van der Waals surface area contributed by atoms with E-state index in [2.05, 4.69) is 9.97 Å². The summed E-state index contributed by atoms with van der Waals surface area (Å²) in [6.07, 6.45) is 3.92. The summed E-state index contributed by atoms with van der Waals surface area (Å²) in [5, 5.41) is 0. The molecule has 3 heterocycles. The van der Waals surface area contributed by atoms with Crippen LogP contribution in [0.4, 0.5) is 10.3 Å². The Hall–Kier alpha value is -1.32. The maximum Gasteiger partial charge on any atom is 0.225 e. The average molecular weight is 344 g/mol. The molecule has 9 heteroatoms. The van der Waals surface area contributed by atoms with Crippen molar-refractivity contribution in [2.24, 2.45) is 0 Å². The first kappa shape index (κ1) is 16.5. The summed E-state index contributed by atoms with van der Waals surface area (Å²) in [5.74, 6) is 0.0626. The summed E-state index contributed by atoms with van der Waals surface area (Å²) in [5.41, 5.74) is -0.545. The van der Waals surface area contributed by atoms with Crippen LogP contribution in [0.5, 0.6) is 0 Å². The fraction of sp³-hybridized carbons (Fsp3) is 0.714. The highest BCUT2D eigenvalue weighted by atomic mass is 32.2. The maximum absolute atomic E-state index is 13.0. The number of hydrogen-bond donors (Lipinski definition) is 0. The SMILES string of the molecule is CCS(=O)(=O)N1CCO[C@]2(CCCN(c3ncc(F)cn3)C2)C1. The summed E-state index contributed by atoms with van der Waals surface area (Å²) in [6.45, 7) is 4.03. The number of halogens is 1. The molecule has 128 valence electrons. The van der Waals surface area contributed by atoms with Crippen LogP contribution in [0.3, 0.4) is 0 Å². The number of morpholine rings is 1. The summed E-state index contributed by atoms with van der Waals surface area (Å²) in [7, 11) is -3.23. The fourth-order valence-corrected chi connectivity index (χ4v) is 4.36. The quantitative estimate of drug-likeness (QED) is 0.801. The molecule has 2 aliphatic heterocycles. The van der Waals surface area contributed by atoms with Gasteiger partial charge in [-0.3, -0.25) is 0 Å². The number of sulfonamides is 1. The highest BCUT2D eigenvalue weighted by molar-refractivity contribution is 7.89. The third-order valence-corrected chi connectivity index (χ3v) is 6.23. The lowest BCUT2D eigenvalue weighted by atomic mass is 9.91. The number of rotatable bonds is 3. The zero-order valence-corrected chi connectivity index (χ0v) is 13.9. The minimum absolute atomic E-state index is 0.0911. The van der Waals surface area contributed by atoms with E-state index in [1.165, 1.54) is 4.31 Å². The van der Waals surface area contributed by atoms with Gasteiger partial charge in [-0.05, 0) is 19.8 Å². The summed E-state index contributed by atoms with van der Waals surface area (Å²) < 4.78 is 44.8. The van der Waals surface area contributed by atoms with Gasteiger partial charge in [0.25, 0.3) is 0 Å². The molecular weight excluding hydrogens is 323 g/mol. The zero-order valence-electron chi connectivity index (χ0n) is 13.1. The van der Waals surface area contributed by atoms with Crippen molar-refractivity contribution >= 4 is 16.0 Å². The van der Waals surface area contributed by atoms with Crippen molar-refractivity contribution in [3.05, 3.63) is 18.2 Å². The van der Waals surface area contributed by atoms with Gasteiger partial charge >= 0.3 is 0 Å². The van der Waals surface area contributed by atoms with Gasteiger partial charge in [-0.25, -0.2) is 22.8 Å². The van der Waals surface area contributed by atoms with Crippen LogP contribution in [-0.4, -0.2) is 66.8 Å². The zero-order chi connectivity index (χ0) is 16.5. The van der Waals surface area contributed by atoms with Crippen molar-refractivity contribution in [3.63, 3.8) is 0 Å². The smallest absolute Gasteiger partial charge is 0.225 e. The van der Waals surface area contributed by atoms with Gasteiger partial charge in [0.2, 0.25) is 16.0 Å². The lowest BCUT2D eigenvalue weighted by Crippen LogP contribution is -2.61. The normalized spacial score (nSPS) is 26.6. The molecular formula is C14H21FN4O3S. The van der Waals surface area contributed by atoms with E-state index in [0.29, 0.717) is 32.2 Å². The van der Waals surface area contributed by atoms with Crippen LogP contribution in [0.1, 0.15) is 19.8 Å². The van der Waals surface area contributed by atoms with Crippen molar-refractivity contribution in [2.45, 2.75) is 25.4 Å². The molecule has 0 unspecified atom stereocenters. The third-order valence-electron chi connectivity index (χ3n) is 4.40. The van der Waals surface area contributed by atoms with E-state index in [1.807, 2.05) is 4.90 Å². The van der Waals surface area contributed by atoms with Crippen LogP contribution in [0.15, 0.2) is 12.4 Å². The van der Waals surface area contributed by atoms with Gasteiger partial charge < -0.3 is 9.64 Å². The topological polar surface area (TPSA) is 75.6 Å². The Kier molecular flexibility index (Phi) is 4.52. The Morgan fingerprint density at radius 2 is 2.04 bits per heavy atom. The first-order chi connectivity index (χ1) is 10.9. The number of ether oxygens (including phenoxy) is 1. The predicted octanol–water partition coefficient (Wildman–Crippen LogP) is 0.637. The maximum atomic E-state index is 13.0. The lowest BCUT2D eigenvalue weighted by molar-refractivity contribution is -0.0951. The van der Waals surface area contributed by atoms with Gasteiger partial charge in [-0.2, -0.15) is 4.31 Å². The number of aromatic nitrogens is 2. The molecule has 23 heavy (non-hydrogen) atoms. The summed E-state index contributed by atoms with van der Waals surface area (Å²) in [4.78, 5) is 9.97. The standard InChI is InChI=1S/C14H21FN4O3S/c1-2-23(20,21)19-6-7-22-14(11-19)4-3-5-18(10-14)13-16-8-12(15)9-17-13/h8-9H,2-7,10-11H2,1H3/t14-/m0/s1. The van der Waals surface area contributed by atoms with Gasteiger partial charge in [0.1, 0.15) is 0 Å². The van der Waals surface area contributed by atoms with Crippen molar-refractivity contribution < 1.29 is 17.5 Å². The van der Waals surface area contributed by atoms with Gasteiger partial charge in [0, 0.05) is 19.6 Å². The first-order valence-electron chi connectivity index (χ1n) is 7.78. The molecule has 0 amide bonds. The molecule has 1 aromatic heterocycles. The van der Waals surface area contributed by atoms with Crippen LogP contribution < -0.4 is 4.90 Å². The van der Waals surface area contributed by atoms with Crippen molar-refractivity contribution in [2.75, 3.05) is 43.4 Å². The van der Waals surface area contributed by atoms with E-state index in [0.717, 1.165) is 31.8 Å². The first-order valence-corrected chi connectivity index (χ1v) is 9.39. The molecule has 2 fully saturated rings. The average Bonchev–Trinajstić information content (AvgIpc) is 2.55. The van der Waals surface area contributed by atoms with Gasteiger partial charge in [0.05, 0.1) is 36.9 Å². The molecule has 0 radical (unpaired) electrons. The molecule has 1 atom stereocenters. The van der Waals surface area contributed by atoms with E-state index < -0.39 is 21.4 Å². The van der Waals surface area contributed by atoms with Crippen molar-refractivity contribution in [3.8, 4) is 0 Å². The molecule has 3 rings (SSSR count). The monoisotopic (exact) mass is 344 g/mol. The van der Waals surface area contributed by atoms with Crippen molar-refractivity contribution in [1.29, 1.82) is 0 Å². The third kappa shape index (κ3) is 3.46. The molecule has 1 aromatic rings. The van der Waals surface area contributed by atoms with E-state index in [9.17, 15) is 12.8 Å². The predicted molar refractivity (Wildman–Crippen MR) is 83.2 cm³/mol. The molecule has 0 saturated carbocycles. The molecule has 2 saturated heterocycles. The lowest BCUT2D eigenvalue weighted by Gasteiger charge is -2.47. The summed E-state index contributed by atoms with van der Waals surface area (Å²) in [6, 6.07) is 0. The van der Waals surface area contributed by atoms with Crippen LogP contribution in [0.25, 0.3) is 0 Å². The Balaban J connectivity index is 1.77. The Morgan fingerprint density at radius 3 is 2.74 bits per heavy atom. The van der Waals surface area contributed by atoms with E-state index in [1.54, 1.807) is 6.92 Å².